The van der Waals surface area contributed by atoms with Crippen LogP contribution in [0.25, 0.3) is 0 Å². The molecule has 1 aromatic carbocycles. The molecule has 1 aliphatic rings. The van der Waals surface area contributed by atoms with Crippen molar-refractivity contribution < 1.29 is 38.1 Å². The summed E-state index contributed by atoms with van der Waals surface area (Å²) in [6.45, 7) is 12.9. The van der Waals surface area contributed by atoms with E-state index >= 15 is 0 Å². The lowest BCUT2D eigenvalue weighted by atomic mass is 9.96. The summed E-state index contributed by atoms with van der Waals surface area (Å²) in [5.74, 6) is 1.19. The van der Waals surface area contributed by atoms with Gasteiger partial charge in [-0.15, -0.1) is 0 Å². The fourth-order valence-corrected chi connectivity index (χ4v) is 6.96. The van der Waals surface area contributed by atoms with E-state index in [4.69, 9.17) is 23.7 Å². The highest BCUT2D eigenvalue weighted by molar-refractivity contribution is 5.72. The highest BCUT2D eigenvalue weighted by Crippen LogP contribution is 2.28. The van der Waals surface area contributed by atoms with Crippen LogP contribution in [0.15, 0.2) is 18.2 Å². The molecule has 55 heavy (non-hydrogen) atoms. The second-order valence-electron chi connectivity index (χ2n) is 15.8. The fourth-order valence-electron chi connectivity index (χ4n) is 6.96. The first-order valence-electron chi connectivity index (χ1n) is 22.4. The van der Waals surface area contributed by atoms with Gasteiger partial charge in [-0.25, -0.2) is 0 Å². The van der Waals surface area contributed by atoms with Gasteiger partial charge in [0.15, 0.2) is 0 Å². The van der Waals surface area contributed by atoms with Crippen LogP contribution >= 0.6 is 0 Å². The Hall–Kier alpha value is -2.81. The average molecular weight is 774 g/mol. The highest BCUT2D eigenvalue weighted by atomic mass is 16.5. The van der Waals surface area contributed by atoms with Crippen molar-refractivity contribution >= 4 is 17.9 Å². The molecule has 1 aliphatic heterocycles. The number of hydrogen-bond donors (Lipinski definition) is 0. The largest absolute Gasteiger partial charge is 0.494 e. The molecule has 9 heteroatoms. The predicted octanol–water partition coefficient (Wildman–Crippen LogP) is 11.3. The second kappa shape index (κ2) is 32.3. The monoisotopic (exact) mass is 774 g/mol. The summed E-state index contributed by atoms with van der Waals surface area (Å²) in [6, 6.07) is 6.35. The van der Waals surface area contributed by atoms with Gasteiger partial charge in [-0.3, -0.25) is 14.4 Å². The number of ether oxygens (including phenoxy) is 5. The third-order valence-electron chi connectivity index (χ3n) is 10.6. The lowest BCUT2D eigenvalue weighted by Crippen LogP contribution is -2.40. The van der Waals surface area contributed by atoms with E-state index in [-0.39, 0.29) is 30.4 Å². The third-order valence-corrected chi connectivity index (χ3v) is 10.6. The molecule has 0 bridgehead atoms. The number of carbonyl (C=O) groups is 3. The Labute approximate surface area is 335 Å². The van der Waals surface area contributed by atoms with Crippen LogP contribution in [0.1, 0.15) is 187 Å². The van der Waals surface area contributed by atoms with E-state index in [0.717, 1.165) is 139 Å². The van der Waals surface area contributed by atoms with Crippen molar-refractivity contribution in [3.63, 3.8) is 0 Å². The zero-order valence-electron chi connectivity index (χ0n) is 35.5. The summed E-state index contributed by atoms with van der Waals surface area (Å²) in [6.07, 6.45) is 24.6. The van der Waals surface area contributed by atoms with Crippen molar-refractivity contribution in [1.82, 2.24) is 4.90 Å². The maximum Gasteiger partial charge on any atom is 0.309 e. The molecule has 1 saturated heterocycles. The average Bonchev–Trinajstić information content (AvgIpc) is 3.18. The van der Waals surface area contributed by atoms with E-state index in [9.17, 15) is 14.4 Å². The van der Waals surface area contributed by atoms with Gasteiger partial charge in [0.1, 0.15) is 18.1 Å². The fraction of sp³-hybridized carbons (Fsp3) is 0.804. The molecule has 316 valence electrons. The van der Waals surface area contributed by atoms with E-state index in [1.165, 1.54) is 32.1 Å². The van der Waals surface area contributed by atoms with Crippen LogP contribution in [-0.2, 0) is 35.2 Å². The topological polar surface area (TPSA) is 101 Å². The van der Waals surface area contributed by atoms with Crippen molar-refractivity contribution in [3.8, 4) is 11.5 Å². The molecule has 0 spiro atoms. The van der Waals surface area contributed by atoms with Crippen LogP contribution in [0, 0.1) is 5.92 Å². The molecule has 0 aromatic heterocycles. The standard InChI is InChI=1S/C46H79NO8/c1-5-7-8-9-10-15-20-26-45(49)54-36-24-19-13-11-16-21-33-51-42-27-28-43(52-34-22-17-12-14-18-23-35-53-44(48)25-6-2)41(37-42)38-55-46(50)40-29-31-47(32-30-40)39(3)4/h27-28,37,39-40H,5-26,29-36,38H2,1-4H3. The van der Waals surface area contributed by atoms with Crippen LogP contribution in [0.2, 0.25) is 0 Å². The smallest absolute Gasteiger partial charge is 0.309 e. The van der Waals surface area contributed by atoms with E-state index in [2.05, 4.69) is 25.7 Å². The Morgan fingerprint density at radius 2 is 1.11 bits per heavy atom. The van der Waals surface area contributed by atoms with E-state index in [0.29, 0.717) is 45.3 Å². The molecule has 0 unspecified atom stereocenters. The minimum Gasteiger partial charge on any atom is -0.494 e. The Kier molecular flexibility index (Phi) is 28.4. The number of nitrogens with zero attached hydrogens (tertiary/aromatic N) is 1. The first kappa shape index (κ1) is 48.3. The van der Waals surface area contributed by atoms with Crippen molar-refractivity contribution in [1.29, 1.82) is 0 Å². The number of benzene rings is 1. The zero-order chi connectivity index (χ0) is 39.8. The number of likely N-dealkylation sites (tertiary alicyclic amines) is 1. The number of carbonyl (C=O) groups excluding carboxylic acids is 3. The van der Waals surface area contributed by atoms with Gasteiger partial charge in [0, 0.05) is 24.4 Å². The van der Waals surface area contributed by atoms with E-state index in [1.807, 2.05) is 25.1 Å². The van der Waals surface area contributed by atoms with E-state index in [1.54, 1.807) is 0 Å². The van der Waals surface area contributed by atoms with Gasteiger partial charge in [0.05, 0.1) is 32.3 Å². The molecule has 0 aliphatic carbocycles. The van der Waals surface area contributed by atoms with Crippen molar-refractivity contribution in [2.24, 2.45) is 5.92 Å². The maximum absolute atomic E-state index is 13.0. The van der Waals surface area contributed by atoms with Crippen LogP contribution in [0.3, 0.4) is 0 Å². The van der Waals surface area contributed by atoms with Crippen LogP contribution < -0.4 is 9.47 Å². The number of piperidine rings is 1. The summed E-state index contributed by atoms with van der Waals surface area (Å²) in [5.41, 5.74) is 0.839. The van der Waals surface area contributed by atoms with Gasteiger partial charge in [-0.2, -0.15) is 0 Å². The van der Waals surface area contributed by atoms with Gasteiger partial charge < -0.3 is 28.6 Å². The Morgan fingerprint density at radius 1 is 0.600 bits per heavy atom. The van der Waals surface area contributed by atoms with Gasteiger partial charge >= 0.3 is 17.9 Å². The van der Waals surface area contributed by atoms with Crippen molar-refractivity contribution in [2.75, 3.05) is 39.5 Å². The molecular formula is C46H79NO8. The van der Waals surface area contributed by atoms with Gasteiger partial charge in [0.2, 0.25) is 0 Å². The summed E-state index contributed by atoms with van der Waals surface area (Å²) >= 11 is 0. The van der Waals surface area contributed by atoms with E-state index < -0.39 is 0 Å². The number of unbranched alkanes of at least 4 members (excludes halogenated alkanes) is 16. The molecule has 1 fully saturated rings. The third kappa shape index (κ3) is 24.4. The van der Waals surface area contributed by atoms with Crippen molar-refractivity contribution in [2.45, 2.75) is 194 Å². The number of rotatable bonds is 34. The molecule has 2 rings (SSSR count). The first-order valence-corrected chi connectivity index (χ1v) is 22.4. The molecule has 1 aromatic rings. The normalized spacial score (nSPS) is 13.5. The molecular weight excluding hydrogens is 695 g/mol. The summed E-state index contributed by atoms with van der Waals surface area (Å²) < 4.78 is 28.9. The van der Waals surface area contributed by atoms with Crippen LogP contribution in [0.4, 0.5) is 0 Å². The summed E-state index contributed by atoms with van der Waals surface area (Å²) in [7, 11) is 0. The minimum absolute atomic E-state index is 0.0447. The molecule has 0 atom stereocenters. The quantitative estimate of drug-likeness (QED) is 0.0385. The molecule has 0 amide bonds. The lowest BCUT2D eigenvalue weighted by molar-refractivity contribution is -0.151. The molecule has 0 saturated carbocycles. The van der Waals surface area contributed by atoms with Crippen LogP contribution in [-0.4, -0.2) is 68.4 Å². The molecule has 0 radical (unpaired) electrons. The van der Waals surface area contributed by atoms with Crippen LogP contribution in [0.5, 0.6) is 11.5 Å². The number of hydrogen-bond acceptors (Lipinski definition) is 9. The van der Waals surface area contributed by atoms with Gasteiger partial charge in [-0.1, -0.05) is 104 Å². The second-order valence-corrected chi connectivity index (χ2v) is 15.8. The zero-order valence-corrected chi connectivity index (χ0v) is 35.5. The summed E-state index contributed by atoms with van der Waals surface area (Å²) in [5, 5.41) is 0. The number of esters is 3. The minimum atomic E-state index is -0.123. The Morgan fingerprint density at radius 3 is 1.67 bits per heavy atom. The molecule has 1 heterocycles. The predicted molar refractivity (Wildman–Crippen MR) is 222 cm³/mol. The Bertz CT molecular complexity index is 1130. The first-order chi connectivity index (χ1) is 26.8. The maximum atomic E-state index is 13.0. The summed E-state index contributed by atoms with van der Waals surface area (Å²) in [4.78, 5) is 38.9. The molecule has 0 N–H and O–H groups in total. The van der Waals surface area contributed by atoms with Gasteiger partial charge in [-0.05, 0) is 96.5 Å². The Balaban J connectivity index is 1.67. The SMILES string of the molecule is CCCCCCCCCC(=O)OCCCCCCCCOc1ccc(OCCCCCCCCOC(=O)CCC)c(COC(=O)C2CCN(C(C)C)CC2)c1. The van der Waals surface area contributed by atoms with Crippen molar-refractivity contribution in [3.05, 3.63) is 23.8 Å². The lowest BCUT2D eigenvalue weighted by Gasteiger charge is -2.33. The highest BCUT2D eigenvalue weighted by Gasteiger charge is 2.27. The molecule has 9 nitrogen and oxygen atoms in total. The van der Waals surface area contributed by atoms with Gasteiger partial charge in [0.25, 0.3) is 0 Å².